The van der Waals surface area contributed by atoms with Gasteiger partial charge in [0.25, 0.3) is 0 Å². The molecule has 0 bridgehead atoms. The summed E-state index contributed by atoms with van der Waals surface area (Å²) in [6.07, 6.45) is 0.578. The summed E-state index contributed by atoms with van der Waals surface area (Å²) in [5.41, 5.74) is 4.18. The lowest BCUT2D eigenvalue weighted by atomic mass is 9.97. The van der Waals surface area contributed by atoms with Crippen LogP contribution in [0.4, 0.5) is 10.3 Å². The molecule has 0 saturated heterocycles. The number of aliphatic hydroxyl groups is 5. The number of anilines is 1. The van der Waals surface area contributed by atoms with Crippen LogP contribution in [0.25, 0.3) is 17.3 Å². The van der Waals surface area contributed by atoms with Crippen LogP contribution < -0.4 is 15.1 Å². The van der Waals surface area contributed by atoms with Gasteiger partial charge in [-0.25, -0.2) is 27.1 Å². The number of aromatic nitrogens is 2. The number of benzene rings is 1. The second kappa shape index (κ2) is 15.8. The van der Waals surface area contributed by atoms with E-state index in [2.05, 4.69) is 15.7 Å². The Labute approximate surface area is 238 Å². The van der Waals surface area contributed by atoms with Crippen molar-refractivity contribution >= 4 is 28.0 Å². The molecule has 13 nitrogen and oxygen atoms in total. The lowest BCUT2D eigenvalue weighted by molar-refractivity contribution is -0.494. The van der Waals surface area contributed by atoms with Gasteiger partial charge in [0.15, 0.2) is 5.54 Å². The highest BCUT2D eigenvalue weighted by Crippen LogP contribution is 2.31. The van der Waals surface area contributed by atoms with E-state index in [1.807, 2.05) is 13.8 Å². The van der Waals surface area contributed by atoms with Gasteiger partial charge < -0.3 is 41.2 Å². The first kappa shape index (κ1) is 36.0. The Morgan fingerprint density at radius 2 is 1.66 bits per heavy atom. The Bertz CT molecular complexity index is 1260. The summed E-state index contributed by atoms with van der Waals surface area (Å²) in [4.78, 5) is 19.4. The van der Waals surface area contributed by atoms with E-state index in [1.54, 1.807) is 0 Å². The molecule has 2 rings (SSSR count). The molecular formula is C26H39FN4O9S. The molecule has 0 aliphatic rings. The average Bonchev–Trinajstić information content (AvgIpc) is 2.90. The molecule has 0 amide bonds. The number of carbonyl (C=O) groups is 1. The number of quaternary nitrogens is 1. The van der Waals surface area contributed by atoms with Crippen LogP contribution in [0.15, 0.2) is 30.3 Å². The number of carboxylic acids is 1. The lowest BCUT2D eigenvalue weighted by Gasteiger charge is -2.20. The van der Waals surface area contributed by atoms with Crippen molar-refractivity contribution in [3.8, 4) is 11.3 Å². The monoisotopic (exact) mass is 602 g/mol. The van der Waals surface area contributed by atoms with Crippen LogP contribution >= 0.6 is 0 Å². The highest BCUT2D eigenvalue weighted by Gasteiger charge is 2.26. The van der Waals surface area contributed by atoms with Crippen LogP contribution in [0.3, 0.4) is 0 Å². The molecule has 8 N–H and O–H groups in total. The van der Waals surface area contributed by atoms with Crippen molar-refractivity contribution < 1.29 is 54.0 Å². The molecule has 0 aliphatic carbocycles. The molecular weight excluding hydrogens is 563 g/mol. The highest BCUT2D eigenvalue weighted by molar-refractivity contribution is 7.92. The minimum absolute atomic E-state index is 0.0670. The maximum atomic E-state index is 13.5. The number of halogens is 1. The van der Waals surface area contributed by atoms with E-state index in [0.29, 0.717) is 22.5 Å². The third-order valence-electron chi connectivity index (χ3n) is 5.81. The van der Waals surface area contributed by atoms with Crippen molar-refractivity contribution in [2.75, 3.05) is 37.4 Å². The number of nitrogens with zero attached hydrogens (tertiary/aromatic N) is 3. The lowest BCUT2D eigenvalue weighted by Crippen LogP contribution is -2.78. The smallest absolute Gasteiger partial charge is 0.239 e. The van der Waals surface area contributed by atoms with Gasteiger partial charge in [-0.15, -0.1) is 0 Å². The molecule has 2 atom stereocenters. The molecule has 41 heavy (non-hydrogen) atoms. The van der Waals surface area contributed by atoms with E-state index in [9.17, 15) is 32.9 Å². The van der Waals surface area contributed by atoms with Crippen LogP contribution in [0, 0.1) is 5.82 Å². The van der Waals surface area contributed by atoms with Gasteiger partial charge in [0.1, 0.15) is 25.6 Å². The summed E-state index contributed by atoms with van der Waals surface area (Å²) in [6, 6.07) is 5.46. The normalized spacial score (nSPS) is 13.6. The zero-order valence-corrected chi connectivity index (χ0v) is 24.3. The Hall–Kier alpha value is -3.05. The van der Waals surface area contributed by atoms with E-state index in [1.165, 1.54) is 43.5 Å². The molecule has 0 unspecified atom stereocenters. The first-order valence-corrected chi connectivity index (χ1v) is 14.4. The maximum absolute atomic E-state index is 13.5. The highest BCUT2D eigenvalue weighted by atomic mass is 32.2. The van der Waals surface area contributed by atoms with Gasteiger partial charge in [0, 0.05) is 37.0 Å². The molecule has 0 spiro atoms. The Morgan fingerprint density at radius 1 is 1.12 bits per heavy atom. The maximum Gasteiger partial charge on any atom is 0.239 e. The topological polar surface area (TPSA) is 232 Å². The molecule has 0 radical (unpaired) electrons. The van der Waals surface area contributed by atoms with Crippen molar-refractivity contribution in [3.05, 3.63) is 47.4 Å². The third kappa shape index (κ3) is 11.4. The molecule has 0 saturated carbocycles. The van der Waals surface area contributed by atoms with Crippen molar-refractivity contribution in [3.63, 3.8) is 0 Å². The Morgan fingerprint density at radius 3 is 2.07 bits per heavy atom. The largest absolute Gasteiger partial charge is 0.550 e. The number of carboxylic acid groups (broad SMARTS) is 1. The predicted octanol–water partition coefficient (Wildman–Crippen LogP) is -1.99. The molecule has 0 aliphatic heterocycles. The number of aliphatic carboxylic acids is 1. The molecule has 1 aromatic heterocycles. The van der Waals surface area contributed by atoms with Crippen LogP contribution in [0.5, 0.6) is 0 Å². The van der Waals surface area contributed by atoms with Crippen LogP contribution in [-0.2, 0) is 14.8 Å². The molecule has 2 aromatic rings. The molecule has 230 valence electrons. The second-order valence-corrected chi connectivity index (χ2v) is 11.9. The van der Waals surface area contributed by atoms with E-state index in [0.717, 1.165) is 10.6 Å². The number of hydrogen-bond acceptors (Lipinski definition) is 11. The zero-order valence-electron chi connectivity index (χ0n) is 23.4. The van der Waals surface area contributed by atoms with Gasteiger partial charge in [-0.1, -0.05) is 26.0 Å². The zero-order chi connectivity index (χ0) is 31.5. The number of rotatable bonds is 13. The van der Waals surface area contributed by atoms with E-state index >= 15 is 0 Å². The summed E-state index contributed by atoms with van der Waals surface area (Å²) in [7, 11) is -2.34. The van der Waals surface area contributed by atoms with Gasteiger partial charge in [-0.05, 0) is 30.2 Å². The fraction of sp³-hybridized carbons (Fsp3) is 0.500. The molecule has 1 aromatic carbocycles. The van der Waals surface area contributed by atoms with Crippen molar-refractivity contribution in [1.29, 1.82) is 0 Å². The number of hydrogen-bond donors (Lipinski definition) is 6. The van der Waals surface area contributed by atoms with Crippen LogP contribution in [0.2, 0.25) is 0 Å². The number of aliphatic hydroxyl groups excluding tert-OH is 5. The third-order valence-corrected chi connectivity index (χ3v) is 6.97. The van der Waals surface area contributed by atoms with Gasteiger partial charge in [0.2, 0.25) is 16.0 Å². The van der Waals surface area contributed by atoms with E-state index in [-0.39, 0.29) is 38.1 Å². The van der Waals surface area contributed by atoms with E-state index in [4.69, 9.17) is 15.3 Å². The first-order chi connectivity index (χ1) is 19.0. The second-order valence-electron chi connectivity index (χ2n) is 9.93. The van der Waals surface area contributed by atoms with Crippen molar-refractivity contribution in [2.24, 2.45) is 0 Å². The summed E-state index contributed by atoms with van der Waals surface area (Å²) in [5.74, 6) is -2.14. The Kier molecular flexibility index (Phi) is 13.9. The van der Waals surface area contributed by atoms with Gasteiger partial charge in [0.05, 0.1) is 29.9 Å². The van der Waals surface area contributed by atoms with Gasteiger partial charge in [-0.3, -0.25) is 0 Å². The number of carbonyl (C=O) groups excluding carboxylic acids is 1. The average molecular weight is 603 g/mol. The molecule has 15 heteroatoms. The minimum atomic E-state index is -3.66. The Balaban J connectivity index is 0.000000915. The van der Waals surface area contributed by atoms with Crippen molar-refractivity contribution in [2.45, 2.75) is 50.4 Å². The minimum Gasteiger partial charge on any atom is -0.550 e. The number of sulfonamides is 1. The van der Waals surface area contributed by atoms with Crippen LogP contribution in [0.1, 0.15) is 43.9 Å². The fourth-order valence-corrected chi connectivity index (χ4v) is 3.56. The van der Waals surface area contributed by atoms with E-state index < -0.39 is 46.0 Å². The molecule has 0 fully saturated rings. The summed E-state index contributed by atoms with van der Waals surface area (Å²) in [6.45, 7) is 2.82. The quantitative estimate of drug-likeness (QED) is 0.147. The fourth-order valence-electron chi connectivity index (χ4n) is 3.19. The standard InChI is InChI=1S/C22H28FN3O6S.C4H11NO3/c1-13(2)20-18(10-9-16(27)11-17(28)12-19(29)30)21(14-5-7-15(23)8-6-14)25-22(24-20)26(3)33(4,31)32;5-4(1-6,2-7)3-8/h5-10,13,16-17,27-28H,11-12H2,1-4H3,(H,29,30);6-8H,1-3,5H2/b10-9+;/t16-,17-;/m1./s1. The predicted molar refractivity (Wildman–Crippen MR) is 147 cm³/mol. The van der Waals surface area contributed by atoms with Gasteiger partial charge in [-0.2, -0.15) is 0 Å². The van der Waals surface area contributed by atoms with Gasteiger partial charge >= 0.3 is 0 Å². The SMILES string of the molecule is CC(C)c1nc(N(C)S(C)(=O)=O)nc(-c2ccc(F)cc2)c1/C=C/[C@@H](O)C[C@@H](O)CC(=O)[O-].[NH3+]C(CO)(CO)CO. The first-order valence-electron chi connectivity index (χ1n) is 12.5. The van der Waals surface area contributed by atoms with Crippen molar-refractivity contribution in [1.82, 2.24) is 9.97 Å². The summed E-state index contributed by atoms with van der Waals surface area (Å²) >= 11 is 0. The summed E-state index contributed by atoms with van der Waals surface area (Å²) < 4.78 is 38.6. The van der Waals surface area contributed by atoms with Crippen LogP contribution in [-0.4, -0.2) is 101 Å². The summed E-state index contributed by atoms with van der Waals surface area (Å²) in [5, 5.41) is 55.8. The molecule has 1 heterocycles.